The Bertz CT molecular complexity index is 481. The molecule has 1 aromatic carbocycles. The van der Waals surface area contributed by atoms with Gasteiger partial charge in [-0.3, -0.25) is 10.1 Å². The van der Waals surface area contributed by atoms with E-state index in [1.165, 1.54) is 13.1 Å². The van der Waals surface area contributed by atoms with Crippen LogP contribution in [0.1, 0.15) is 6.42 Å². The van der Waals surface area contributed by atoms with Gasteiger partial charge in [0.15, 0.2) is 0 Å². The predicted octanol–water partition coefficient (Wildman–Crippen LogP) is 2.15. The maximum Gasteiger partial charge on any atom is 0.407 e. The summed E-state index contributed by atoms with van der Waals surface area (Å²) in [7, 11) is 1.43. The summed E-state index contributed by atoms with van der Waals surface area (Å²) in [4.78, 5) is 21.7. The third-order valence-corrected chi connectivity index (χ3v) is 2.47. The molecule has 0 aliphatic carbocycles. The number of halogens is 1. The lowest BCUT2D eigenvalue weighted by molar-refractivity contribution is -0.384. The zero-order valence-electron chi connectivity index (χ0n) is 10.3. The van der Waals surface area contributed by atoms with E-state index in [1.807, 2.05) is 0 Å². The predicted molar refractivity (Wildman–Crippen MR) is 66.8 cm³/mol. The van der Waals surface area contributed by atoms with E-state index in [0.717, 1.165) is 17.0 Å². The lowest BCUT2D eigenvalue weighted by atomic mass is 10.2. The van der Waals surface area contributed by atoms with E-state index in [9.17, 15) is 19.3 Å². The minimum absolute atomic E-state index is 0.212. The Morgan fingerprint density at radius 3 is 2.84 bits per heavy atom. The van der Waals surface area contributed by atoms with Crippen LogP contribution >= 0.6 is 0 Å². The number of rotatable bonds is 6. The second-order valence-corrected chi connectivity index (χ2v) is 3.90. The number of hydrogen-bond donors (Lipinski definition) is 2. The minimum atomic E-state index is -1.03. The third-order valence-electron chi connectivity index (χ3n) is 2.47. The van der Waals surface area contributed by atoms with Crippen molar-refractivity contribution in [2.24, 2.45) is 0 Å². The van der Waals surface area contributed by atoms with Gasteiger partial charge in [-0.1, -0.05) is 0 Å². The highest BCUT2D eigenvalue weighted by atomic mass is 19.1. The standard InChI is InChI=1S/C11H14FN3O4/c1-14(11(16)17)6-2-5-13-9-4-3-8(12)7-10(9)15(18)19/h3-4,7,13H,2,5-6H2,1H3,(H,16,17). The zero-order valence-corrected chi connectivity index (χ0v) is 10.3. The normalized spacial score (nSPS) is 10.0. The Morgan fingerprint density at radius 1 is 1.58 bits per heavy atom. The average molecular weight is 271 g/mol. The molecule has 8 heteroatoms. The molecule has 0 heterocycles. The number of carboxylic acid groups (broad SMARTS) is 1. The number of benzene rings is 1. The number of anilines is 1. The number of nitrogens with zero attached hydrogens (tertiary/aromatic N) is 2. The Labute approximate surface area is 108 Å². The molecule has 0 aromatic heterocycles. The van der Waals surface area contributed by atoms with Crippen LogP contribution < -0.4 is 5.32 Å². The molecule has 2 N–H and O–H groups in total. The molecule has 1 amide bonds. The van der Waals surface area contributed by atoms with Gasteiger partial charge in [-0.25, -0.2) is 9.18 Å². The Morgan fingerprint density at radius 2 is 2.26 bits per heavy atom. The Kier molecular flexibility index (Phi) is 5.04. The molecule has 1 rings (SSSR count). The summed E-state index contributed by atoms with van der Waals surface area (Å²) in [6.07, 6.45) is -0.551. The van der Waals surface area contributed by atoms with Crippen molar-refractivity contribution in [3.63, 3.8) is 0 Å². The van der Waals surface area contributed by atoms with Crippen LogP contribution in [-0.4, -0.2) is 41.2 Å². The van der Waals surface area contributed by atoms with Gasteiger partial charge >= 0.3 is 6.09 Å². The monoisotopic (exact) mass is 271 g/mol. The highest BCUT2D eigenvalue weighted by molar-refractivity contribution is 5.64. The van der Waals surface area contributed by atoms with E-state index in [-0.39, 0.29) is 11.4 Å². The van der Waals surface area contributed by atoms with Crippen molar-refractivity contribution in [1.82, 2.24) is 4.90 Å². The van der Waals surface area contributed by atoms with Crippen molar-refractivity contribution in [2.45, 2.75) is 6.42 Å². The van der Waals surface area contributed by atoms with Gasteiger partial charge in [-0.05, 0) is 18.6 Å². The second-order valence-electron chi connectivity index (χ2n) is 3.90. The number of nitro groups is 1. The molecule has 0 atom stereocenters. The molecular formula is C11H14FN3O4. The van der Waals surface area contributed by atoms with Gasteiger partial charge < -0.3 is 15.3 Å². The zero-order chi connectivity index (χ0) is 14.4. The van der Waals surface area contributed by atoms with Gasteiger partial charge in [0.25, 0.3) is 5.69 Å². The summed E-state index contributed by atoms with van der Waals surface area (Å²) in [6, 6.07) is 3.25. The first-order valence-electron chi connectivity index (χ1n) is 5.53. The lowest BCUT2D eigenvalue weighted by Gasteiger charge is -2.13. The number of carbonyl (C=O) groups is 1. The van der Waals surface area contributed by atoms with Gasteiger partial charge in [0.05, 0.1) is 11.0 Å². The third kappa shape index (κ3) is 4.41. The summed E-state index contributed by atoms with van der Waals surface area (Å²) in [5.41, 5.74) is -0.129. The van der Waals surface area contributed by atoms with Crippen LogP contribution in [0.25, 0.3) is 0 Å². The summed E-state index contributed by atoms with van der Waals surface area (Å²) in [5.74, 6) is -0.678. The molecule has 0 saturated heterocycles. The van der Waals surface area contributed by atoms with Crippen molar-refractivity contribution in [2.75, 3.05) is 25.5 Å². The van der Waals surface area contributed by atoms with E-state index in [1.54, 1.807) is 0 Å². The molecule has 0 saturated carbocycles. The summed E-state index contributed by atoms with van der Waals surface area (Å²) in [5, 5.41) is 22.1. The minimum Gasteiger partial charge on any atom is -0.465 e. The maximum atomic E-state index is 12.9. The van der Waals surface area contributed by atoms with E-state index < -0.39 is 16.8 Å². The van der Waals surface area contributed by atoms with E-state index in [2.05, 4.69) is 5.32 Å². The van der Waals surface area contributed by atoms with Crippen LogP contribution in [-0.2, 0) is 0 Å². The van der Waals surface area contributed by atoms with Gasteiger partial charge in [-0.2, -0.15) is 0 Å². The highest BCUT2D eigenvalue weighted by Crippen LogP contribution is 2.24. The summed E-state index contributed by atoms with van der Waals surface area (Å²) >= 11 is 0. The Balaban J connectivity index is 2.54. The van der Waals surface area contributed by atoms with Gasteiger partial charge in [0.1, 0.15) is 11.5 Å². The SMILES string of the molecule is CN(CCCNc1ccc(F)cc1[N+](=O)[O-])C(=O)O. The quantitative estimate of drug-likeness (QED) is 0.469. The van der Waals surface area contributed by atoms with Crippen molar-refractivity contribution in [3.8, 4) is 0 Å². The molecule has 0 radical (unpaired) electrons. The molecule has 1 aromatic rings. The molecule has 0 unspecified atom stereocenters. The van der Waals surface area contributed by atoms with Gasteiger partial charge in [-0.15, -0.1) is 0 Å². The van der Waals surface area contributed by atoms with Crippen LogP contribution in [0.5, 0.6) is 0 Å². The van der Waals surface area contributed by atoms with E-state index in [0.29, 0.717) is 19.5 Å². The molecule has 19 heavy (non-hydrogen) atoms. The number of amides is 1. The number of nitro benzene ring substituents is 1. The first kappa shape index (κ1) is 14.7. The van der Waals surface area contributed by atoms with Crippen molar-refractivity contribution in [3.05, 3.63) is 34.1 Å². The number of hydrogen-bond acceptors (Lipinski definition) is 4. The molecule has 7 nitrogen and oxygen atoms in total. The van der Waals surface area contributed by atoms with Crippen LogP contribution in [0.2, 0.25) is 0 Å². The largest absolute Gasteiger partial charge is 0.465 e. The molecule has 0 spiro atoms. The van der Waals surface area contributed by atoms with Crippen molar-refractivity contribution in [1.29, 1.82) is 0 Å². The van der Waals surface area contributed by atoms with Gasteiger partial charge in [0, 0.05) is 20.1 Å². The molecule has 104 valence electrons. The number of nitrogens with one attached hydrogen (secondary N) is 1. The van der Waals surface area contributed by atoms with E-state index in [4.69, 9.17) is 5.11 Å². The molecule has 0 bridgehead atoms. The van der Waals surface area contributed by atoms with Crippen LogP contribution in [0, 0.1) is 15.9 Å². The first-order valence-corrected chi connectivity index (χ1v) is 5.53. The Hall–Kier alpha value is -2.38. The molecule has 0 fully saturated rings. The average Bonchev–Trinajstić information content (AvgIpc) is 2.35. The van der Waals surface area contributed by atoms with Crippen molar-refractivity contribution < 1.29 is 19.2 Å². The summed E-state index contributed by atoms with van der Waals surface area (Å²) in [6.45, 7) is 0.654. The van der Waals surface area contributed by atoms with Crippen LogP contribution in [0.15, 0.2) is 18.2 Å². The highest BCUT2D eigenvalue weighted by Gasteiger charge is 2.14. The lowest BCUT2D eigenvalue weighted by Crippen LogP contribution is -2.26. The molecular weight excluding hydrogens is 257 g/mol. The topological polar surface area (TPSA) is 95.7 Å². The fourth-order valence-electron chi connectivity index (χ4n) is 1.44. The molecule has 0 aliphatic rings. The smallest absolute Gasteiger partial charge is 0.407 e. The van der Waals surface area contributed by atoms with E-state index >= 15 is 0 Å². The van der Waals surface area contributed by atoms with Gasteiger partial charge in [0.2, 0.25) is 0 Å². The van der Waals surface area contributed by atoms with Crippen LogP contribution in [0.4, 0.5) is 20.6 Å². The fraction of sp³-hybridized carbons (Fsp3) is 0.364. The second kappa shape index (κ2) is 6.53. The first-order chi connectivity index (χ1) is 8.91. The molecule has 0 aliphatic heterocycles. The summed E-state index contributed by atoms with van der Waals surface area (Å²) < 4.78 is 12.9. The fourth-order valence-corrected chi connectivity index (χ4v) is 1.44. The maximum absolute atomic E-state index is 12.9. The van der Waals surface area contributed by atoms with Crippen LogP contribution in [0.3, 0.4) is 0 Å². The van der Waals surface area contributed by atoms with Crippen molar-refractivity contribution >= 4 is 17.5 Å².